The number of aliphatic hydroxyl groups is 3. The molecule has 0 spiro atoms. The third kappa shape index (κ3) is 2.68. The van der Waals surface area contributed by atoms with Crippen molar-refractivity contribution in [3.05, 3.63) is 35.8 Å². The Morgan fingerprint density at radius 1 is 1.30 bits per heavy atom. The summed E-state index contributed by atoms with van der Waals surface area (Å²) in [4.78, 5) is 11.3. The standard InChI is InChI=1S/C13H14O7/c1-18-7-2-4-8(5-3-7)19-12-10(16)13(17)20-11(12)9(15)6-14/h2-5,9,11,14-16H,6H2,1H3/t9-,11+/m0/s1. The molecule has 0 radical (unpaired) electrons. The molecule has 108 valence electrons. The highest BCUT2D eigenvalue weighted by atomic mass is 16.6. The molecule has 1 aliphatic rings. The Morgan fingerprint density at radius 3 is 2.45 bits per heavy atom. The van der Waals surface area contributed by atoms with Crippen molar-refractivity contribution in [2.45, 2.75) is 12.2 Å². The summed E-state index contributed by atoms with van der Waals surface area (Å²) in [6.45, 7) is -0.638. The molecule has 0 aromatic heterocycles. The summed E-state index contributed by atoms with van der Waals surface area (Å²) in [5, 5.41) is 28.1. The number of hydrogen-bond acceptors (Lipinski definition) is 7. The van der Waals surface area contributed by atoms with E-state index in [0.717, 1.165) is 0 Å². The minimum atomic E-state index is -1.38. The fourth-order valence-electron chi connectivity index (χ4n) is 1.69. The van der Waals surface area contributed by atoms with Gasteiger partial charge in [0, 0.05) is 0 Å². The maximum absolute atomic E-state index is 11.3. The summed E-state index contributed by atoms with van der Waals surface area (Å²) in [6, 6.07) is 6.37. The monoisotopic (exact) mass is 282 g/mol. The summed E-state index contributed by atoms with van der Waals surface area (Å²) < 4.78 is 15.1. The Morgan fingerprint density at radius 2 is 1.90 bits per heavy atom. The molecule has 0 unspecified atom stereocenters. The molecule has 2 atom stereocenters. The van der Waals surface area contributed by atoms with Crippen LogP contribution in [0.2, 0.25) is 0 Å². The van der Waals surface area contributed by atoms with Gasteiger partial charge in [0.05, 0.1) is 13.7 Å². The molecule has 3 N–H and O–H groups in total. The Hall–Kier alpha value is -2.25. The van der Waals surface area contributed by atoms with E-state index < -0.39 is 30.5 Å². The third-order valence-electron chi connectivity index (χ3n) is 2.74. The average molecular weight is 282 g/mol. The van der Waals surface area contributed by atoms with Crippen LogP contribution in [0.3, 0.4) is 0 Å². The van der Waals surface area contributed by atoms with Crippen LogP contribution in [0.5, 0.6) is 11.5 Å². The lowest BCUT2D eigenvalue weighted by atomic mass is 10.2. The number of hydrogen-bond donors (Lipinski definition) is 3. The van der Waals surface area contributed by atoms with Gasteiger partial charge < -0.3 is 29.5 Å². The first-order valence-corrected chi connectivity index (χ1v) is 5.81. The van der Waals surface area contributed by atoms with Gasteiger partial charge in [-0.3, -0.25) is 0 Å². The quantitative estimate of drug-likeness (QED) is 0.659. The van der Waals surface area contributed by atoms with Gasteiger partial charge in [-0.2, -0.15) is 0 Å². The molecule has 0 saturated heterocycles. The van der Waals surface area contributed by atoms with Gasteiger partial charge in [-0.15, -0.1) is 0 Å². The van der Waals surface area contributed by atoms with Crippen molar-refractivity contribution in [1.29, 1.82) is 0 Å². The predicted molar refractivity (Wildman–Crippen MR) is 66.2 cm³/mol. The lowest BCUT2D eigenvalue weighted by molar-refractivity contribution is -0.147. The van der Waals surface area contributed by atoms with Crippen LogP contribution in [-0.4, -0.2) is 47.2 Å². The molecule has 0 amide bonds. The maximum atomic E-state index is 11.3. The van der Waals surface area contributed by atoms with Crippen molar-refractivity contribution in [1.82, 2.24) is 0 Å². The zero-order chi connectivity index (χ0) is 14.7. The van der Waals surface area contributed by atoms with E-state index in [4.69, 9.17) is 19.3 Å². The number of carbonyl (C=O) groups excluding carboxylic acids is 1. The lowest BCUT2D eigenvalue weighted by Gasteiger charge is -2.18. The van der Waals surface area contributed by atoms with Crippen LogP contribution in [0.1, 0.15) is 0 Å². The van der Waals surface area contributed by atoms with Crippen molar-refractivity contribution < 1.29 is 34.3 Å². The number of esters is 1. The second-order valence-corrected chi connectivity index (χ2v) is 4.07. The second kappa shape index (κ2) is 5.81. The fraction of sp³-hybridized carbons (Fsp3) is 0.308. The molecular weight excluding hydrogens is 268 g/mol. The largest absolute Gasteiger partial charge is 0.499 e. The first kappa shape index (κ1) is 14.2. The number of ether oxygens (including phenoxy) is 3. The lowest BCUT2D eigenvalue weighted by Crippen LogP contribution is -2.33. The van der Waals surface area contributed by atoms with E-state index in [0.29, 0.717) is 11.5 Å². The van der Waals surface area contributed by atoms with Crippen LogP contribution in [0.25, 0.3) is 0 Å². The average Bonchev–Trinajstić information content (AvgIpc) is 2.75. The van der Waals surface area contributed by atoms with Crippen LogP contribution in [-0.2, 0) is 9.53 Å². The van der Waals surface area contributed by atoms with Crippen molar-refractivity contribution in [2.75, 3.05) is 13.7 Å². The molecular formula is C13H14O7. The molecule has 1 aromatic carbocycles. The molecule has 1 aromatic rings. The molecule has 7 heteroatoms. The summed E-state index contributed by atoms with van der Waals surface area (Å²) in [5.74, 6) is -1.03. The van der Waals surface area contributed by atoms with E-state index in [2.05, 4.69) is 0 Å². The maximum Gasteiger partial charge on any atom is 0.378 e. The van der Waals surface area contributed by atoms with E-state index >= 15 is 0 Å². The summed E-state index contributed by atoms with van der Waals surface area (Å²) in [7, 11) is 1.52. The van der Waals surface area contributed by atoms with Gasteiger partial charge >= 0.3 is 5.97 Å². The van der Waals surface area contributed by atoms with Gasteiger partial charge in [0.2, 0.25) is 5.76 Å². The molecule has 0 bridgehead atoms. The third-order valence-corrected chi connectivity index (χ3v) is 2.74. The van der Waals surface area contributed by atoms with Gasteiger partial charge in [0.15, 0.2) is 11.9 Å². The highest BCUT2D eigenvalue weighted by Crippen LogP contribution is 2.28. The SMILES string of the molecule is COc1ccc(OC2=C(O)C(=O)O[C@@H]2[C@@H](O)CO)cc1. The minimum Gasteiger partial charge on any atom is -0.499 e. The van der Waals surface area contributed by atoms with Crippen LogP contribution < -0.4 is 9.47 Å². The topological polar surface area (TPSA) is 105 Å². The predicted octanol–water partition coefficient (Wildman–Crippen LogP) is 0.122. The van der Waals surface area contributed by atoms with Crippen molar-refractivity contribution in [3.63, 3.8) is 0 Å². The molecule has 7 nitrogen and oxygen atoms in total. The van der Waals surface area contributed by atoms with E-state index in [9.17, 15) is 15.0 Å². The molecule has 0 aliphatic carbocycles. The summed E-state index contributed by atoms with van der Waals surface area (Å²) >= 11 is 0. The van der Waals surface area contributed by atoms with E-state index in [1.807, 2.05) is 0 Å². The van der Waals surface area contributed by atoms with E-state index in [1.54, 1.807) is 24.3 Å². The van der Waals surface area contributed by atoms with Gasteiger partial charge in [-0.25, -0.2) is 4.79 Å². The van der Waals surface area contributed by atoms with Crippen LogP contribution in [0, 0.1) is 0 Å². The van der Waals surface area contributed by atoms with Gasteiger partial charge in [-0.1, -0.05) is 0 Å². The highest BCUT2D eigenvalue weighted by molar-refractivity contribution is 5.89. The fourth-order valence-corrected chi connectivity index (χ4v) is 1.69. The normalized spacial score (nSPS) is 19.8. The molecule has 2 rings (SSSR count). The van der Waals surface area contributed by atoms with Crippen molar-refractivity contribution in [3.8, 4) is 11.5 Å². The number of carbonyl (C=O) groups is 1. The molecule has 0 fully saturated rings. The van der Waals surface area contributed by atoms with Crippen LogP contribution in [0.4, 0.5) is 0 Å². The second-order valence-electron chi connectivity index (χ2n) is 4.07. The first-order valence-electron chi connectivity index (χ1n) is 5.81. The number of cyclic esters (lactones) is 1. The highest BCUT2D eigenvalue weighted by Gasteiger charge is 2.40. The molecule has 1 aliphatic heterocycles. The Balaban J connectivity index is 2.21. The Labute approximate surface area is 114 Å². The zero-order valence-corrected chi connectivity index (χ0v) is 10.6. The Bertz CT molecular complexity index is 520. The van der Waals surface area contributed by atoms with Gasteiger partial charge in [-0.05, 0) is 24.3 Å². The van der Waals surface area contributed by atoms with Crippen LogP contribution in [0.15, 0.2) is 35.8 Å². The first-order chi connectivity index (χ1) is 9.56. The van der Waals surface area contributed by atoms with E-state index in [1.165, 1.54) is 7.11 Å². The minimum absolute atomic E-state index is 0.235. The smallest absolute Gasteiger partial charge is 0.378 e. The summed E-state index contributed by atoms with van der Waals surface area (Å²) in [5.41, 5.74) is 0. The zero-order valence-electron chi connectivity index (χ0n) is 10.6. The Kier molecular flexibility index (Phi) is 4.11. The number of aliphatic hydroxyl groups excluding tert-OH is 3. The molecule has 1 heterocycles. The van der Waals surface area contributed by atoms with Crippen molar-refractivity contribution >= 4 is 5.97 Å². The van der Waals surface area contributed by atoms with Crippen molar-refractivity contribution in [2.24, 2.45) is 0 Å². The molecule has 0 saturated carbocycles. The van der Waals surface area contributed by atoms with Gasteiger partial charge in [0.25, 0.3) is 0 Å². The van der Waals surface area contributed by atoms with Crippen LogP contribution >= 0.6 is 0 Å². The van der Waals surface area contributed by atoms with E-state index in [-0.39, 0.29) is 5.76 Å². The number of benzene rings is 1. The van der Waals surface area contributed by atoms with Gasteiger partial charge in [0.1, 0.15) is 17.6 Å². The number of methoxy groups -OCH3 is 1. The molecule has 20 heavy (non-hydrogen) atoms. The summed E-state index contributed by atoms with van der Waals surface area (Å²) in [6.07, 6.45) is -2.62. The number of rotatable bonds is 5.